The molecule has 2 aromatic rings. The zero-order valence-electron chi connectivity index (χ0n) is 11.0. The topological polar surface area (TPSA) is 54.0 Å². The van der Waals surface area contributed by atoms with Crippen LogP contribution in [0.4, 0.5) is 24.7 Å². The first-order chi connectivity index (χ1) is 9.90. The summed E-state index contributed by atoms with van der Waals surface area (Å²) in [6.45, 7) is 0. The normalized spacial score (nSPS) is 11.0. The van der Waals surface area contributed by atoms with E-state index >= 15 is 0 Å². The molecule has 4 nitrogen and oxygen atoms in total. The Bertz CT molecular complexity index is 639. The third kappa shape index (κ3) is 3.71. The van der Waals surface area contributed by atoms with E-state index in [-0.39, 0.29) is 5.69 Å². The van der Waals surface area contributed by atoms with Gasteiger partial charge in [0.2, 0.25) is 0 Å². The van der Waals surface area contributed by atoms with Crippen molar-refractivity contribution in [3.63, 3.8) is 0 Å². The fraction of sp³-hybridized carbons (Fsp3) is 0.143. The van der Waals surface area contributed by atoms with Gasteiger partial charge in [-0.2, -0.15) is 13.2 Å². The summed E-state index contributed by atoms with van der Waals surface area (Å²) in [5, 5.41) is 5.32. The number of hydrogen-bond acceptors (Lipinski definition) is 3. The highest BCUT2D eigenvalue weighted by molar-refractivity contribution is 6.04. The van der Waals surface area contributed by atoms with Crippen LogP contribution in [-0.4, -0.2) is 17.9 Å². The zero-order chi connectivity index (χ0) is 15.5. The monoisotopic (exact) mass is 295 g/mol. The molecule has 1 heterocycles. The van der Waals surface area contributed by atoms with Gasteiger partial charge >= 0.3 is 6.18 Å². The van der Waals surface area contributed by atoms with E-state index in [0.717, 1.165) is 12.1 Å². The molecule has 0 aliphatic rings. The van der Waals surface area contributed by atoms with Gasteiger partial charge in [0.25, 0.3) is 5.91 Å². The van der Waals surface area contributed by atoms with Crippen LogP contribution in [0.5, 0.6) is 0 Å². The molecule has 0 aliphatic heterocycles. The molecule has 0 saturated carbocycles. The number of hydrogen-bond donors (Lipinski definition) is 2. The number of nitrogens with zero attached hydrogens (tertiary/aromatic N) is 1. The van der Waals surface area contributed by atoms with Gasteiger partial charge in [0.1, 0.15) is 5.82 Å². The van der Waals surface area contributed by atoms with E-state index in [2.05, 4.69) is 15.6 Å². The highest BCUT2D eigenvalue weighted by Crippen LogP contribution is 2.29. The Hall–Kier alpha value is -2.57. The second-order valence-corrected chi connectivity index (χ2v) is 4.21. The van der Waals surface area contributed by atoms with Crippen molar-refractivity contribution in [2.75, 3.05) is 17.7 Å². The van der Waals surface area contributed by atoms with Gasteiger partial charge in [-0.1, -0.05) is 0 Å². The Morgan fingerprint density at radius 3 is 2.38 bits per heavy atom. The smallest absolute Gasteiger partial charge is 0.373 e. The molecule has 0 saturated heterocycles. The molecule has 1 aromatic carbocycles. The number of carbonyl (C=O) groups excluding carboxylic acids is 1. The van der Waals surface area contributed by atoms with Crippen molar-refractivity contribution in [2.45, 2.75) is 6.18 Å². The molecule has 21 heavy (non-hydrogen) atoms. The first-order valence-corrected chi connectivity index (χ1v) is 6.02. The van der Waals surface area contributed by atoms with Crippen LogP contribution in [-0.2, 0) is 6.18 Å². The van der Waals surface area contributed by atoms with Gasteiger partial charge in [0.15, 0.2) is 0 Å². The predicted octanol–water partition coefficient (Wildman–Crippen LogP) is 3.39. The fourth-order valence-electron chi connectivity index (χ4n) is 1.65. The van der Waals surface area contributed by atoms with Crippen LogP contribution in [0.2, 0.25) is 0 Å². The fourth-order valence-corrected chi connectivity index (χ4v) is 1.65. The van der Waals surface area contributed by atoms with Crippen molar-refractivity contribution in [2.24, 2.45) is 0 Å². The minimum absolute atomic E-state index is 0.288. The minimum Gasteiger partial charge on any atom is -0.373 e. The second kappa shape index (κ2) is 5.82. The summed E-state index contributed by atoms with van der Waals surface area (Å²) in [6.07, 6.45) is -2.93. The van der Waals surface area contributed by atoms with Gasteiger partial charge in [-0.3, -0.25) is 4.79 Å². The highest BCUT2D eigenvalue weighted by atomic mass is 19.4. The Labute approximate surface area is 119 Å². The van der Waals surface area contributed by atoms with Crippen molar-refractivity contribution in [3.05, 3.63) is 53.7 Å². The summed E-state index contributed by atoms with van der Waals surface area (Å²) in [4.78, 5) is 15.9. The van der Waals surface area contributed by atoms with Crippen molar-refractivity contribution in [1.82, 2.24) is 4.98 Å². The lowest BCUT2D eigenvalue weighted by Crippen LogP contribution is -2.13. The van der Waals surface area contributed by atoms with Crippen LogP contribution < -0.4 is 10.6 Å². The summed E-state index contributed by atoms with van der Waals surface area (Å²) in [5.74, 6) is 0.101. The number of nitrogens with one attached hydrogen (secondary N) is 2. The molecule has 0 atom stereocenters. The molecule has 0 radical (unpaired) electrons. The average Bonchev–Trinajstić information content (AvgIpc) is 2.47. The highest BCUT2D eigenvalue weighted by Gasteiger charge is 2.29. The van der Waals surface area contributed by atoms with Gasteiger partial charge in [0, 0.05) is 24.5 Å². The van der Waals surface area contributed by atoms with Gasteiger partial charge in [0.05, 0.1) is 5.56 Å². The van der Waals surface area contributed by atoms with E-state index in [9.17, 15) is 18.0 Å². The molecule has 0 bridgehead atoms. The molecule has 110 valence electrons. The Morgan fingerprint density at radius 1 is 1.14 bits per heavy atom. The van der Waals surface area contributed by atoms with Gasteiger partial charge < -0.3 is 10.6 Å². The van der Waals surface area contributed by atoms with E-state index in [1.807, 2.05) is 0 Å². The van der Waals surface area contributed by atoms with E-state index < -0.39 is 17.6 Å². The molecule has 0 fully saturated rings. The van der Waals surface area contributed by atoms with Crippen LogP contribution in [0.1, 0.15) is 15.9 Å². The van der Waals surface area contributed by atoms with E-state index in [0.29, 0.717) is 11.4 Å². The Morgan fingerprint density at radius 2 is 1.81 bits per heavy atom. The number of halogens is 3. The second-order valence-electron chi connectivity index (χ2n) is 4.21. The van der Waals surface area contributed by atoms with Crippen LogP contribution in [0.15, 0.2) is 42.6 Å². The third-order valence-corrected chi connectivity index (χ3v) is 2.75. The lowest BCUT2D eigenvalue weighted by Gasteiger charge is -2.09. The predicted molar refractivity (Wildman–Crippen MR) is 73.2 cm³/mol. The van der Waals surface area contributed by atoms with E-state index in [4.69, 9.17) is 0 Å². The number of rotatable bonds is 3. The maximum Gasteiger partial charge on any atom is 0.416 e. The number of benzene rings is 1. The van der Waals surface area contributed by atoms with Crippen LogP contribution >= 0.6 is 0 Å². The number of amides is 1. The molecule has 0 spiro atoms. The van der Waals surface area contributed by atoms with Crippen LogP contribution in [0.3, 0.4) is 0 Å². The zero-order valence-corrected chi connectivity index (χ0v) is 11.0. The first kappa shape index (κ1) is 14.8. The standard InChI is InChI=1S/C14H12F3N3O/c1-18-12-8-9(6-7-19-12)13(21)20-11-4-2-10(3-5-11)14(15,16)17/h2-8H,1H3,(H,18,19)(H,20,21). The average molecular weight is 295 g/mol. The number of aromatic nitrogens is 1. The summed E-state index contributed by atoms with van der Waals surface area (Å²) in [7, 11) is 1.67. The van der Waals surface area contributed by atoms with Crippen molar-refractivity contribution in [1.29, 1.82) is 0 Å². The SMILES string of the molecule is CNc1cc(C(=O)Nc2ccc(C(F)(F)F)cc2)ccn1. The van der Waals surface area contributed by atoms with E-state index in [1.165, 1.54) is 24.4 Å². The molecular weight excluding hydrogens is 283 g/mol. The van der Waals surface area contributed by atoms with Crippen molar-refractivity contribution >= 4 is 17.4 Å². The molecule has 0 unspecified atom stereocenters. The van der Waals surface area contributed by atoms with Crippen molar-refractivity contribution in [3.8, 4) is 0 Å². The Kier molecular flexibility index (Phi) is 4.11. The third-order valence-electron chi connectivity index (χ3n) is 2.75. The molecule has 2 N–H and O–H groups in total. The van der Waals surface area contributed by atoms with Gasteiger partial charge in [-0.25, -0.2) is 4.98 Å². The number of pyridine rings is 1. The van der Waals surface area contributed by atoms with E-state index in [1.54, 1.807) is 13.1 Å². The molecule has 0 aliphatic carbocycles. The lowest BCUT2D eigenvalue weighted by molar-refractivity contribution is -0.137. The minimum atomic E-state index is -4.39. The molecule has 2 rings (SSSR count). The number of anilines is 2. The molecular formula is C14H12F3N3O. The van der Waals surface area contributed by atoms with Crippen LogP contribution in [0, 0.1) is 0 Å². The molecule has 1 amide bonds. The summed E-state index contributed by atoms with van der Waals surface area (Å²) < 4.78 is 37.3. The van der Waals surface area contributed by atoms with Crippen LogP contribution in [0.25, 0.3) is 0 Å². The van der Waals surface area contributed by atoms with Gasteiger partial charge in [-0.05, 0) is 36.4 Å². The quantitative estimate of drug-likeness (QED) is 0.912. The maximum absolute atomic E-state index is 12.4. The van der Waals surface area contributed by atoms with Gasteiger partial charge in [-0.15, -0.1) is 0 Å². The number of alkyl halides is 3. The Balaban J connectivity index is 2.12. The number of carbonyl (C=O) groups is 1. The summed E-state index contributed by atoms with van der Waals surface area (Å²) >= 11 is 0. The first-order valence-electron chi connectivity index (χ1n) is 6.02. The lowest BCUT2D eigenvalue weighted by atomic mass is 10.2. The summed E-state index contributed by atoms with van der Waals surface area (Å²) in [6, 6.07) is 7.31. The summed E-state index contributed by atoms with van der Waals surface area (Å²) in [5.41, 5.74) is -0.119. The van der Waals surface area contributed by atoms with Crippen molar-refractivity contribution < 1.29 is 18.0 Å². The molecule has 7 heteroatoms. The largest absolute Gasteiger partial charge is 0.416 e. The molecule has 1 aromatic heterocycles. The maximum atomic E-state index is 12.4.